The molecule has 0 heterocycles. The minimum atomic E-state index is -0.271. The van der Waals surface area contributed by atoms with Crippen molar-refractivity contribution in [2.45, 2.75) is 53.1 Å². The lowest BCUT2D eigenvalue weighted by atomic mass is 9.85. The Morgan fingerprint density at radius 2 is 1.71 bits per heavy atom. The molecule has 3 unspecified atom stereocenters. The molecule has 0 spiro atoms. The Bertz CT molecular complexity index is 408. The van der Waals surface area contributed by atoms with Gasteiger partial charge in [-0.1, -0.05) is 31.9 Å². The van der Waals surface area contributed by atoms with Crippen LogP contribution in [0.1, 0.15) is 54.5 Å². The molecule has 1 aromatic carbocycles. The number of aliphatic hydroxyl groups excluding tert-OH is 1. The molecule has 0 aromatic heterocycles. The molecule has 94 valence electrons. The van der Waals surface area contributed by atoms with Crippen LogP contribution < -0.4 is 0 Å². The van der Waals surface area contributed by atoms with Crippen LogP contribution >= 0.6 is 0 Å². The Morgan fingerprint density at radius 1 is 1.06 bits per heavy atom. The summed E-state index contributed by atoms with van der Waals surface area (Å²) in [6.45, 7) is 8.65. The summed E-state index contributed by atoms with van der Waals surface area (Å²) in [5, 5.41) is 10.6. The lowest BCUT2D eigenvalue weighted by Crippen LogP contribution is -2.16. The van der Waals surface area contributed by atoms with E-state index in [4.69, 9.17) is 0 Å². The molecular formula is C16H24O. The third kappa shape index (κ3) is 2.40. The maximum Gasteiger partial charge on any atom is 0.0823 e. The van der Waals surface area contributed by atoms with Gasteiger partial charge in [-0.15, -0.1) is 0 Å². The lowest BCUT2D eigenvalue weighted by Gasteiger charge is -2.24. The van der Waals surface area contributed by atoms with Gasteiger partial charge in [-0.3, -0.25) is 0 Å². The molecule has 1 saturated carbocycles. The van der Waals surface area contributed by atoms with E-state index < -0.39 is 0 Å². The van der Waals surface area contributed by atoms with Gasteiger partial charge in [0.2, 0.25) is 0 Å². The summed E-state index contributed by atoms with van der Waals surface area (Å²) >= 11 is 0. The van der Waals surface area contributed by atoms with E-state index in [0.29, 0.717) is 11.8 Å². The Morgan fingerprint density at radius 3 is 2.29 bits per heavy atom. The third-order valence-electron chi connectivity index (χ3n) is 4.53. The molecule has 1 fully saturated rings. The van der Waals surface area contributed by atoms with Crippen LogP contribution in [-0.4, -0.2) is 5.11 Å². The van der Waals surface area contributed by atoms with E-state index in [2.05, 4.69) is 39.8 Å². The van der Waals surface area contributed by atoms with Crippen LogP contribution in [0.5, 0.6) is 0 Å². The highest BCUT2D eigenvalue weighted by Gasteiger charge is 2.31. The minimum Gasteiger partial charge on any atom is -0.388 e. The van der Waals surface area contributed by atoms with E-state index in [9.17, 15) is 5.11 Å². The highest BCUT2D eigenvalue weighted by molar-refractivity contribution is 5.38. The molecule has 1 heteroatoms. The molecule has 2 rings (SSSR count). The molecule has 0 aliphatic heterocycles. The molecule has 1 N–H and O–H groups in total. The Balaban J connectivity index is 2.30. The maximum atomic E-state index is 10.6. The first-order valence-electron chi connectivity index (χ1n) is 6.76. The van der Waals surface area contributed by atoms with Crippen molar-refractivity contribution < 1.29 is 5.11 Å². The molecule has 0 bridgehead atoms. The summed E-state index contributed by atoms with van der Waals surface area (Å²) in [4.78, 5) is 0. The Hall–Kier alpha value is -0.820. The van der Waals surface area contributed by atoms with Crippen molar-refractivity contribution in [2.24, 2.45) is 11.8 Å². The third-order valence-corrected chi connectivity index (χ3v) is 4.53. The smallest absolute Gasteiger partial charge is 0.0823 e. The standard InChI is InChI=1S/C16H24O/c1-10-6-5-7-14(10)16(17)15-9-12(3)11(2)8-13(15)4/h8-10,14,16-17H,5-7H2,1-4H3. The van der Waals surface area contributed by atoms with E-state index in [1.165, 1.54) is 36.0 Å². The van der Waals surface area contributed by atoms with Crippen LogP contribution in [-0.2, 0) is 0 Å². The number of aryl methyl sites for hydroxylation is 3. The predicted octanol–water partition coefficient (Wildman–Crippen LogP) is 4.08. The fraction of sp³-hybridized carbons (Fsp3) is 0.625. The summed E-state index contributed by atoms with van der Waals surface area (Å²) in [7, 11) is 0. The highest BCUT2D eigenvalue weighted by Crippen LogP contribution is 2.41. The van der Waals surface area contributed by atoms with Crippen LogP contribution in [0.15, 0.2) is 12.1 Å². The van der Waals surface area contributed by atoms with E-state index in [0.717, 1.165) is 5.56 Å². The molecule has 1 aliphatic carbocycles. The van der Waals surface area contributed by atoms with Crippen molar-refractivity contribution >= 4 is 0 Å². The van der Waals surface area contributed by atoms with E-state index >= 15 is 0 Å². The SMILES string of the molecule is Cc1cc(C)c(C(O)C2CCCC2C)cc1C. The predicted molar refractivity (Wildman–Crippen MR) is 72.1 cm³/mol. The average molecular weight is 232 g/mol. The normalized spacial score (nSPS) is 26.2. The molecule has 3 atom stereocenters. The summed E-state index contributed by atoms with van der Waals surface area (Å²) in [6.07, 6.45) is 3.44. The van der Waals surface area contributed by atoms with Crippen molar-refractivity contribution in [3.05, 3.63) is 34.4 Å². The Kier molecular flexibility index (Phi) is 3.58. The van der Waals surface area contributed by atoms with Gasteiger partial charge in [0.05, 0.1) is 6.10 Å². The van der Waals surface area contributed by atoms with Gasteiger partial charge in [-0.25, -0.2) is 0 Å². The number of hydrogen-bond acceptors (Lipinski definition) is 1. The monoisotopic (exact) mass is 232 g/mol. The molecule has 0 radical (unpaired) electrons. The largest absolute Gasteiger partial charge is 0.388 e. The van der Waals surface area contributed by atoms with Crippen molar-refractivity contribution in [2.75, 3.05) is 0 Å². The summed E-state index contributed by atoms with van der Waals surface area (Å²) in [5.74, 6) is 1.11. The van der Waals surface area contributed by atoms with Gasteiger partial charge >= 0.3 is 0 Å². The summed E-state index contributed by atoms with van der Waals surface area (Å²) < 4.78 is 0. The molecule has 1 aromatic rings. The van der Waals surface area contributed by atoms with Crippen molar-refractivity contribution in [3.8, 4) is 0 Å². The zero-order valence-corrected chi connectivity index (χ0v) is 11.5. The molecule has 17 heavy (non-hydrogen) atoms. The van der Waals surface area contributed by atoms with E-state index in [1.54, 1.807) is 0 Å². The zero-order chi connectivity index (χ0) is 12.6. The van der Waals surface area contributed by atoms with Crippen LogP contribution in [0.25, 0.3) is 0 Å². The van der Waals surface area contributed by atoms with Crippen molar-refractivity contribution in [3.63, 3.8) is 0 Å². The van der Waals surface area contributed by atoms with E-state index in [-0.39, 0.29) is 6.10 Å². The molecule has 1 aliphatic rings. The lowest BCUT2D eigenvalue weighted by molar-refractivity contribution is 0.0894. The van der Waals surface area contributed by atoms with E-state index in [1.807, 2.05) is 0 Å². The van der Waals surface area contributed by atoms with Gasteiger partial charge in [0.15, 0.2) is 0 Å². The first-order chi connectivity index (χ1) is 8.00. The molecular weight excluding hydrogens is 208 g/mol. The maximum absolute atomic E-state index is 10.6. The zero-order valence-electron chi connectivity index (χ0n) is 11.5. The number of aliphatic hydroxyl groups is 1. The average Bonchev–Trinajstić information content (AvgIpc) is 2.69. The van der Waals surface area contributed by atoms with Crippen LogP contribution in [0.4, 0.5) is 0 Å². The van der Waals surface area contributed by atoms with Crippen LogP contribution in [0.3, 0.4) is 0 Å². The minimum absolute atomic E-state index is 0.271. The van der Waals surface area contributed by atoms with Gasteiger partial charge in [0.25, 0.3) is 0 Å². The quantitative estimate of drug-likeness (QED) is 0.814. The number of rotatable bonds is 2. The first kappa shape index (κ1) is 12.6. The van der Waals surface area contributed by atoms with Gasteiger partial charge < -0.3 is 5.11 Å². The van der Waals surface area contributed by atoms with Gasteiger partial charge in [-0.2, -0.15) is 0 Å². The van der Waals surface area contributed by atoms with Crippen molar-refractivity contribution in [1.82, 2.24) is 0 Å². The Labute approximate surface area is 105 Å². The molecule has 1 nitrogen and oxygen atoms in total. The number of hydrogen-bond donors (Lipinski definition) is 1. The van der Waals surface area contributed by atoms with Crippen LogP contribution in [0, 0.1) is 32.6 Å². The first-order valence-corrected chi connectivity index (χ1v) is 6.76. The fourth-order valence-corrected chi connectivity index (χ4v) is 3.18. The van der Waals surface area contributed by atoms with Gasteiger partial charge in [-0.05, 0) is 61.3 Å². The summed E-state index contributed by atoms with van der Waals surface area (Å²) in [5.41, 5.74) is 4.99. The summed E-state index contributed by atoms with van der Waals surface area (Å²) in [6, 6.07) is 4.38. The van der Waals surface area contributed by atoms with Crippen LogP contribution in [0.2, 0.25) is 0 Å². The molecule has 0 amide bonds. The second-order valence-corrected chi connectivity index (χ2v) is 5.81. The second kappa shape index (κ2) is 4.81. The highest BCUT2D eigenvalue weighted by atomic mass is 16.3. The second-order valence-electron chi connectivity index (χ2n) is 5.81. The molecule has 0 saturated heterocycles. The van der Waals surface area contributed by atoms with Gasteiger partial charge in [0, 0.05) is 0 Å². The fourth-order valence-electron chi connectivity index (χ4n) is 3.18. The van der Waals surface area contributed by atoms with Gasteiger partial charge in [0.1, 0.15) is 0 Å². The van der Waals surface area contributed by atoms with Crippen molar-refractivity contribution in [1.29, 1.82) is 0 Å². The topological polar surface area (TPSA) is 20.2 Å². The number of benzene rings is 1.